The van der Waals surface area contributed by atoms with Crippen molar-refractivity contribution in [2.45, 2.75) is 6.17 Å². The molecule has 0 aromatic heterocycles. The minimum Gasteiger partial charge on any atom is -0.396 e. The number of thioether (sulfide) groups is 1. The zero-order valence-electron chi connectivity index (χ0n) is 12.5. The molecule has 0 bridgehead atoms. The minimum atomic E-state index is -0.416. The standard InChI is InChI=1S/C18H13FN4S/c19-15-13(2-1-3-14(15)21)16-18-23(8-9-24-18)17(22-16)12-6-4-11(10-20)5-7-12/h1-9,17,22H,21H2. The van der Waals surface area contributed by atoms with Crippen molar-refractivity contribution in [2.75, 3.05) is 5.73 Å². The highest BCUT2D eigenvalue weighted by atomic mass is 32.2. The van der Waals surface area contributed by atoms with Crippen LogP contribution in [0.3, 0.4) is 0 Å². The smallest absolute Gasteiger partial charge is 0.155 e. The van der Waals surface area contributed by atoms with Crippen molar-refractivity contribution in [1.29, 1.82) is 5.26 Å². The molecule has 2 aromatic rings. The van der Waals surface area contributed by atoms with Gasteiger partial charge in [0.2, 0.25) is 0 Å². The highest BCUT2D eigenvalue weighted by molar-refractivity contribution is 8.06. The van der Waals surface area contributed by atoms with Crippen LogP contribution in [-0.4, -0.2) is 4.90 Å². The zero-order chi connectivity index (χ0) is 16.7. The quantitative estimate of drug-likeness (QED) is 0.818. The molecule has 6 heteroatoms. The van der Waals surface area contributed by atoms with Gasteiger partial charge in [-0.2, -0.15) is 5.26 Å². The van der Waals surface area contributed by atoms with Gasteiger partial charge in [0.15, 0.2) is 5.82 Å². The van der Waals surface area contributed by atoms with Gasteiger partial charge < -0.3 is 16.0 Å². The molecule has 2 aliphatic rings. The lowest BCUT2D eigenvalue weighted by molar-refractivity contribution is 0.375. The van der Waals surface area contributed by atoms with Gasteiger partial charge in [-0.05, 0) is 35.2 Å². The number of rotatable bonds is 2. The van der Waals surface area contributed by atoms with E-state index in [1.165, 1.54) is 11.8 Å². The first-order valence-corrected chi connectivity index (χ1v) is 8.24. The Morgan fingerprint density at radius 2 is 2.00 bits per heavy atom. The summed E-state index contributed by atoms with van der Waals surface area (Å²) in [6.45, 7) is 0. The largest absolute Gasteiger partial charge is 0.396 e. The fourth-order valence-corrected chi connectivity index (χ4v) is 3.76. The van der Waals surface area contributed by atoms with Crippen molar-refractivity contribution in [3.63, 3.8) is 0 Å². The maximum atomic E-state index is 14.5. The molecular formula is C18H13FN4S. The molecule has 0 amide bonds. The molecule has 2 aromatic carbocycles. The lowest BCUT2D eigenvalue weighted by Crippen LogP contribution is -2.24. The van der Waals surface area contributed by atoms with Crippen LogP contribution in [0.15, 0.2) is 59.1 Å². The average molecular weight is 336 g/mol. The second-order valence-electron chi connectivity index (χ2n) is 5.48. The summed E-state index contributed by atoms with van der Waals surface area (Å²) in [5.74, 6) is -0.416. The number of hydrogen-bond acceptors (Lipinski definition) is 5. The highest BCUT2D eigenvalue weighted by Crippen LogP contribution is 2.45. The van der Waals surface area contributed by atoms with Gasteiger partial charge in [-0.1, -0.05) is 30.0 Å². The van der Waals surface area contributed by atoms with E-state index in [1.807, 2.05) is 23.7 Å². The van der Waals surface area contributed by atoms with Crippen LogP contribution in [0.4, 0.5) is 10.1 Å². The van der Waals surface area contributed by atoms with E-state index in [4.69, 9.17) is 11.0 Å². The van der Waals surface area contributed by atoms with Crippen molar-refractivity contribution < 1.29 is 4.39 Å². The van der Waals surface area contributed by atoms with E-state index in [2.05, 4.69) is 16.3 Å². The number of anilines is 1. The summed E-state index contributed by atoms with van der Waals surface area (Å²) < 4.78 is 14.5. The Morgan fingerprint density at radius 1 is 1.21 bits per heavy atom. The van der Waals surface area contributed by atoms with Gasteiger partial charge in [0.1, 0.15) is 11.2 Å². The van der Waals surface area contributed by atoms with Crippen LogP contribution in [0.2, 0.25) is 0 Å². The number of nitrogens with two attached hydrogens (primary N) is 1. The third-order valence-corrected chi connectivity index (χ3v) is 4.96. The summed E-state index contributed by atoms with van der Waals surface area (Å²) in [4.78, 5) is 2.06. The van der Waals surface area contributed by atoms with E-state index in [1.54, 1.807) is 30.3 Å². The van der Waals surface area contributed by atoms with Gasteiger partial charge in [-0.15, -0.1) is 0 Å². The molecule has 2 heterocycles. The normalized spacial score (nSPS) is 18.5. The van der Waals surface area contributed by atoms with E-state index < -0.39 is 5.82 Å². The Morgan fingerprint density at radius 3 is 2.75 bits per heavy atom. The van der Waals surface area contributed by atoms with Crippen LogP contribution in [-0.2, 0) is 0 Å². The summed E-state index contributed by atoms with van der Waals surface area (Å²) in [7, 11) is 0. The van der Waals surface area contributed by atoms with Crippen molar-refractivity contribution in [3.8, 4) is 6.07 Å². The van der Waals surface area contributed by atoms with Crippen LogP contribution in [0, 0.1) is 17.1 Å². The van der Waals surface area contributed by atoms with Crippen LogP contribution in [0.5, 0.6) is 0 Å². The van der Waals surface area contributed by atoms with E-state index in [0.717, 1.165) is 16.3 Å². The number of nitriles is 1. The van der Waals surface area contributed by atoms with E-state index in [9.17, 15) is 4.39 Å². The lowest BCUT2D eigenvalue weighted by Gasteiger charge is -2.22. The highest BCUT2D eigenvalue weighted by Gasteiger charge is 2.35. The molecule has 4 rings (SSSR count). The van der Waals surface area contributed by atoms with Gasteiger partial charge in [0, 0.05) is 11.8 Å². The predicted octanol–water partition coefficient (Wildman–Crippen LogP) is 3.73. The molecule has 1 unspecified atom stereocenters. The number of nitrogens with zero attached hydrogens (tertiary/aromatic N) is 2. The number of nitrogen functional groups attached to an aromatic ring is 1. The molecule has 4 nitrogen and oxygen atoms in total. The third kappa shape index (κ3) is 2.22. The molecule has 118 valence electrons. The van der Waals surface area contributed by atoms with Crippen LogP contribution < -0.4 is 11.1 Å². The Bertz CT molecular complexity index is 912. The number of benzene rings is 2. The summed E-state index contributed by atoms with van der Waals surface area (Å²) in [5, 5.41) is 15.2. The first kappa shape index (κ1) is 14.7. The number of nitrogens with one attached hydrogen (secondary N) is 1. The van der Waals surface area contributed by atoms with Gasteiger partial charge in [-0.25, -0.2) is 4.39 Å². The molecule has 2 aliphatic heterocycles. The summed E-state index contributed by atoms with van der Waals surface area (Å²) >= 11 is 1.54. The topological polar surface area (TPSA) is 65.1 Å². The van der Waals surface area contributed by atoms with Crippen molar-refractivity contribution >= 4 is 23.1 Å². The maximum absolute atomic E-state index is 14.5. The van der Waals surface area contributed by atoms with E-state index in [0.29, 0.717) is 11.1 Å². The third-order valence-electron chi connectivity index (χ3n) is 4.06. The number of halogens is 1. The second-order valence-corrected chi connectivity index (χ2v) is 6.37. The van der Waals surface area contributed by atoms with E-state index >= 15 is 0 Å². The van der Waals surface area contributed by atoms with Gasteiger partial charge in [0.25, 0.3) is 0 Å². The number of fused-ring (bicyclic) bond motifs is 1. The summed E-state index contributed by atoms with van der Waals surface area (Å²) in [6.07, 6.45) is 1.82. The maximum Gasteiger partial charge on any atom is 0.155 e. The van der Waals surface area contributed by atoms with Crippen LogP contribution >= 0.6 is 11.8 Å². The summed E-state index contributed by atoms with van der Waals surface area (Å²) in [5.41, 5.74) is 8.64. The molecule has 24 heavy (non-hydrogen) atoms. The molecule has 0 spiro atoms. The molecule has 1 atom stereocenters. The lowest BCUT2D eigenvalue weighted by atomic mass is 10.1. The molecule has 0 aliphatic carbocycles. The average Bonchev–Trinajstić information content (AvgIpc) is 3.20. The second kappa shape index (κ2) is 5.62. The van der Waals surface area contributed by atoms with E-state index in [-0.39, 0.29) is 11.9 Å². The summed E-state index contributed by atoms with van der Waals surface area (Å²) in [6, 6.07) is 14.5. The van der Waals surface area contributed by atoms with Crippen LogP contribution in [0.25, 0.3) is 5.70 Å². The zero-order valence-corrected chi connectivity index (χ0v) is 13.3. The molecule has 3 N–H and O–H groups in total. The Balaban J connectivity index is 1.74. The molecule has 0 fully saturated rings. The predicted molar refractivity (Wildman–Crippen MR) is 93.3 cm³/mol. The fraction of sp³-hybridized carbons (Fsp3) is 0.0556. The molecule has 0 saturated carbocycles. The first-order chi connectivity index (χ1) is 11.7. The molecular weight excluding hydrogens is 323 g/mol. The Labute approximate surface area is 143 Å². The minimum absolute atomic E-state index is 0.131. The van der Waals surface area contributed by atoms with Gasteiger partial charge in [0.05, 0.1) is 23.0 Å². The monoisotopic (exact) mass is 336 g/mol. The van der Waals surface area contributed by atoms with Crippen molar-refractivity contribution in [2.24, 2.45) is 0 Å². The molecule has 0 saturated heterocycles. The fourth-order valence-electron chi connectivity index (χ4n) is 2.87. The van der Waals surface area contributed by atoms with Gasteiger partial charge >= 0.3 is 0 Å². The number of hydrogen-bond donors (Lipinski definition) is 2. The van der Waals surface area contributed by atoms with Crippen LogP contribution in [0.1, 0.15) is 22.9 Å². The first-order valence-electron chi connectivity index (χ1n) is 7.36. The van der Waals surface area contributed by atoms with Gasteiger partial charge in [-0.3, -0.25) is 0 Å². The Kier molecular flexibility index (Phi) is 3.44. The Hall–Kier alpha value is -2.91. The molecule has 0 radical (unpaired) electrons. The van der Waals surface area contributed by atoms with Crippen molar-refractivity contribution in [3.05, 3.63) is 81.6 Å². The van der Waals surface area contributed by atoms with Crippen molar-refractivity contribution in [1.82, 2.24) is 10.2 Å². The SMILES string of the molecule is N#Cc1ccc(C2NC(c3cccc(N)c3F)=C3SC=CN32)cc1.